The van der Waals surface area contributed by atoms with Gasteiger partial charge in [-0.2, -0.15) is 0 Å². The van der Waals surface area contributed by atoms with Crippen LogP contribution in [0.5, 0.6) is 0 Å². The molecule has 1 fully saturated rings. The minimum atomic E-state index is 0.0846. The highest BCUT2D eigenvalue weighted by molar-refractivity contribution is 5.93. The fraction of sp³-hybridized carbons (Fsp3) is 0.667. The van der Waals surface area contributed by atoms with Gasteiger partial charge < -0.3 is 9.80 Å². The topological polar surface area (TPSA) is 36.4 Å². The van der Waals surface area contributed by atoms with Gasteiger partial charge in [0.1, 0.15) is 5.69 Å². The van der Waals surface area contributed by atoms with Crippen molar-refractivity contribution in [2.24, 2.45) is 5.92 Å². The molecule has 1 saturated heterocycles. The number of aromatic nitrogens is 1. The Morgan fingerprint density at radius 2 is 2.09 bits per heavy atom. The molecule has 0 spiro atoms. The molecule has 1 atom stereocenters. The molecule has 4 nitrogen and oxygen atoms in total. The normalized spacial score (nSPS) is 18.3. The van der Waals surface area contributed by atoms with Gasteiger partial charge in [-0.1, -0.05) is 20.8 Å². The van der Waals surface area contributed by atoms with Crippen molar-refractivity contribution < 1.29 is 4.79 Å². The monoisotopic (exact) mass is 303 g/mol. The molecule has 0 aromatic carbocycles. The third-order valence-corrected chi connectivity index (χ3v) is 4.26. The van der Waals surface area contributed by atoms with E-state index in [-0.39, 0.29) is 5.91 Å². The number of amides is 1. The zero-order chi connectivity index (χ0) is 15.9. The molecule has 0 N–H and O–H groups in total. The second-order valence-corrected chi connectivity index (χ2v) is 6.38. The number of carbonyl (C=O) groups is 1. The van der Waals surface area contributed by atoms with Gasteiger partial charge in [-0.05, 0) is 43.7 Å². The molecule has 1 amide bonds. The van der Waals surface area contributed by atoms with E-state index in [1.165, 1.54) is 6.42 Å². The molecule has 4 heteroatoms. The number of likely N-dealkylation sites (tertiary alicyclic amines) is 1. The summed E-state index contributed by atoms with van der Waals surface area (Å²) in [5, 5.41) is 0. The van der Waals surface area contributed by atoms with Crippen LogP contribution in [-0.2, 0) is 0 Å². The highest BCUT2D eigenvalue weighted by atomic mass is 16.2. The predicted molar refractivity (Wildman–Crippen MR) is 91.3 cm³/mol. The molecule has 0 saturated carbocycles. The van der Waals surface area contributed by atoms with Gasteiger partial charge in [0, 0.05) is 38.1 Å². The summed E-state index contributed by atoms with van der Waals surface area (Å²) in [5.41, 5.74) is 1.70. The first-order valence-corrected chi connectivity index (χ1v) is 8.66. The van der Waals surface area contributed by atoms with E-state index >= 15 is 0 Å². The van der Waals surface area contributed by atoms with Gasteiger partial charge in [0.05, 0.1) is 0 Å². The number of nitrogens with zero attached hydrogens (tertiary/aromatic N) is 3. The first-order valence-electron chi connectivity index (χ1n) is 8.66. The van der Waals surface area contributed by atoms with Gasteiger partial charge in [0.25, 0.3) is 5.91 Å². The molecule has 1 aromatic heterocycles. The Morgan fingerprint density at radius 1 is 1.36 bits per heavy atom. The molecule has 122 valence electrons. The summed E-state index contributed by atoms with van der Waals surface area (Å²) in [6, 6.07) is 3.98. The molecule has 0 bridgehead atoms. The molecule has 1 unspecified atom stereocenters. The van der Waals surface area contributed by atoms with Gasteiger partial charge in [0.15, 0.2) is 0 Å². The standard InChI is InChI=1S/C18H29N3O/c1-4-10-20(11-5-2)16-8-9-19-17(13-16)18(22)21-12-6-7-15(3)14-21/h8-9,13,15H,4-7,10-12,14H2,1-3H3. The van der Waals surface area contributed by atoms with Crippen LogP contribution in [0.25, 0.3) is 0 Å². The van der Waals surface area contributed by atoms with E-state index in [0.717, 1.165) is 51.1 Å². The first kappa shape index (κ1) is 16.8. The smallest absolute Gasteiger partial charge is 0.272 e. The largest absolute Gasteiger partial charge is 0.371 e. The quantitative estimate of drug-likeness (QED) is 0.806. The predicted octanol–water partition coefficient (Wildman–Crippen LogP) is 3.58. The number of hydrogen-bond acceptors (Lipinski definition) is 3. The number of hydrogen-bond donors (Lipinski definition) is 0. The van der Waals surface area contributed by atoms with E-state index in [1.54, 1.807) is 6.20 Å². The maximum Gasteiger partial charge on any atom is 0.272 e. The lowest BCUT2D eigenvalue weighted by Gasteiger charge is -2.31. The van der Waals surface area contributed by atoms with Gasteiger partial charge in [-0.3, -0.25) is 9.78 Å². The van der Waals surface area contributed by atoms with E-state index in [2.05, 4.69) is 30.7 Å². The Balaban J connectivity index is 2.14. The van der Waals surface area contributed by atoms with E-state index in [9.17, 15) is 4.79 Å². The van der Waals surface area contributed by atoms with E-state index in [0.29, 0.717) is 11.6 Å². The van der Waals surface area contributed by atoms with Crippen LogP contribution in [0.1, 0.15) is 56.9 Å². The van der Waals surface area contributed by atoms with Crippen LogP contribution in [0, 0.1) is 5.92 Å². The van der Waals surface area contributed by atoms with Crippen molar-refractivity contribution in [2.45, 2.75) is 46.5 Å². The van der Waals surface area contributed by atoms with Crippen LogP contribution in [0.2, 0.25) is 0 Å². The maximum atomic E-state index is 12.7. The third-order valence-electron chi connectivity index (χ3n) is 4.26. The lowest BCUT2D eigenvalue weighted by Crippen LogP contribution is -2.39. The first-order chi connectivity index (χ1) is 10.7. The summed E-state index contributed by atoms with van der Waals surface area (Å²) in [7, 11) is 0. The van der Waals surface area contributed by atoms with Crippen molar-refractivity contribution in [3.63, 3.8) is 0 Å². The third kappa shape index (κ3) is 4.21. The van der Waals surface area contributed by atoms with Crippen LogP contribution < -0.4 is 4.90 Å². The van der Waals surface area contributed by atoms with Crippen molar-refractivity contribution in [1.29, 1.82) is 0 Å². The minimum Gasteiger partial charge on any atom is -0.371 e. The lowest BCUT2D eigenvalue weighted by atomic mass is 10.00. The molecule has 2 heterocycles. The van der Waals surface area contributed by atoms with Crippen molar-refractivity contribution in [3.8, 4) is 0 Å². The van der Waals surface area contributed by atoms with Crippen molar-refractivity contribution in [2.75, 3.05) is 31.1 Å². The second kappa shape index (κ2) is 8.16. The number of anilines is 1. The Labute approximate surface area is 134 Å². The van der Waals surface area contributed by atoms with Gasteiger partial charge in [-0.15, -0.1) is 0 Å². The van der Waals surface area contributed by atoms with E-state index in [4.69, 9.17) is 0 Å². The molecule has 1 aliphatic rings. The SMILES string of the molecule is CCCN(CCC)c1ccnc(C(=O)N2CCCC(C)C2)c1. The summed E-state index contributed by atoms with van der Waals surface area (Å²) < 4.78 is 0. The van der Waals surface area contributed by atoms with Gasteiger partial charge in [0.2, 0.25) is 0 Å². The van der Waals surface area contributed by atoms with Crippen molar-refractivity contribution >= 4 is 11.6 Å². The van der Waals surface area contributed by atoms with Gasteiger partial charge >= 0.3 is 0 Å². The summed E-state index contributed by atoms with van der Waals surface area (Å²) in [5.74, 6) is 0.680. The fourth-order valence-corrected chi connectivity index (χ4v) is 3.18. The van der Waals surface area contributed by atoms with E-state index < -0.39 is 0 Å². The number of carbonyl (C=O) groups excluding carboxylic acids is 1. The average Bonchev–Trinajstić information content (AvgIpc) is 2.54. The van der Waals surface area contributed by atoms with Crippen molar-refractivity contribution in [3.05, 3.63) is 24.0 Å². The molecule has 0 radical (unpaired) electrons. The number of piperidine rings is 1. The molecule has 2 rings (SSSR count). The Hall–Kier alpha value is -1.58. The van der Waals surface area contributed by atoms with Crippen LogP contribution in [0.4, 0.5) is 5.69 Å². The zero-order valence-electron chi connectivity index (χ0n) is 14.2. The summed E-state index contributed by atoms with van der Waals surface area (Å²) in [4.78, 5) is 21.3. The Bertz CT molecular complexity index is 483. The van der Waals surface area contributed by atoms with Crippen LogP contribution in [0.3, 0.4) is 0 Å². The fourth-order valence-electron chi connectivity index (χ4n) is 3.18. The summed E-state index contributed by atoms with van der Waals surface area (Å²) in [6.45, 7) is 10.4. The molecular formula is C18H29N3O. The van der Waals surface area contributed by atoms with E-state index in [1.807, 2.05) is 17.0 Å². The highest BCUT2D eigenvalue weighted by Gasteiger charge is 2.23. The molecule has 1 aromatic rings. The van der Waals surface area contributed by atoms with Crippen LogP contribution in [0.15, 0.2) is 18.3 Å². The molecule has 0 aliphatic carbocycles. The Morgan fingerprint density at radius 3 is 2.73 bits per heavy atom. The average molecular weight is 303 g/mol. The number of rotatable bonds is 6. The molecular weight excluding hydrogens is 274 g/mol. The number of pyridine rings is 1. The van der Waals surface area contributed by atoms with Crippen LogP contribution >= 0.6 is 0 Å². The van der Waals surface area contributed by atoms with Gasteiger partial charge in [-0.25, -0.2) is 0 Å². The Kier molecular flexibility index (Phi) is 6.22. The molecule has 1 aliphatic heterocycles. The summed E-state index contributed by atoms with van der Waals surface area (Å²) in [6.07, 6.45) is 6.31. The maximum absolute atomic E-state index is 12.7. The molecule has 22 heavy (non-hydrogen) atoms. The summed E-state index contributed by atoms with van der Waals surface area (Å²) >= 11 is 0. The van der Waals surface area contributed by atoms with Crippen LogP contribution in [-0.4, -0.2) is 42.0 Å². The lowest BCUT2D eigenvalue weighted by molar-refractivity contribution is 0.0677. The second-order valence-electron chi connectivity index (χ2n) is 6.38. The zero-order valence-corrected chi connectivity index (χ0v) is 14.2. The highest BCUT2D eigenvalue weighted by Crippen LogP contribution is 2.20. The van der Waals surface area contributed by atoms with Crippen molar-refractivity contribution in [1.82, 2.24) is 9.88 Å². The minimum absolute atomic E-state index is 0.0846.